The summed E-state index contributed by atoms with van der Waals surface area (Å²) in [6, 6.07) is 6.11. The first kappa shape index (κ1) is 18.9. The van der Waals surface area contributed by atoms with Crippen LogP contribution in [0.4, 0.5) is 5.95 Å². The van der Waals surface area contributed by atoms with E-state index in [1.165, 1.54) is 0 Å². The minimum Gasteiger partial charge on any atom is -0.368 e. The number of nitriles is 1. The minimum absolute atomic E-state index is 0.234. The van der Waals surface area contributed by atoms with Crippen molar-refractivity contribution in [3.63, 3.8) is 0 Å². The molecule has 0 atom stereocenters. The van der Waals surface area contributed by atoms with Crippen molar-refractivity contribution in [2.75, 3.05) is 5.73 Å². The molecular weight excluding hydrogens is 394 g/mol. The molecular formula is C21H19N9O. The van der Waals surface area contributed by atoms with Crippen LogP contribution in [0.1, 0.15) is 37.1 Å². The second kappa shape index (κ2) is 7.60. The number of pyridine rings is 1. The van der Waals surface area contributed by atoms with Crippen LogP contribution in [0.5, 0.6) is 0 Å². The first-order valence-corrected chi connectivity index (χ1v) is 9.96. The Kier molecular flexibility index (Phi) is 4.63. The highest BCUT2D eigenvalue weighted by molar-refractivity contribution is 5.58. The number of anilines is 1. The highest BCUT2D eigenvalue weighted by Gasteiger charge is 2.45. The van der Waals surface area contributed by atoms with Gasteiger partial charge in [0.25, 0.3) is 5.89 Å². The summed E-state index contributed by atoms with van der Waals surface area (Å²) in [6.45, 7) is 0.526. The summed E-state index contributed by atoms with van der Waals surface area (Å²) in [6.07, 6.45) is 12.0. The van der Waals surface area contributed by atoms with Gasteiger partial charge in [-0.3, -0.25) is 9.67 Å². The van der Waals surface area contributed by atoms with Gasteiger partial charge in [0.1, 0.15) is 0 Å². The van der Waals surface area contributed by atoms with Crippen LogP contribution in [0.25, 0.3) is 22.7 Å². The molecule has 1 aliphatic rings. The van der Waals surface area contributed by atoms with E-state index in [1.807, 2.05) is 24.5 Å². The Morgan fingerprint density at radius 3 is 2.61 bits per heavy atom. The van der Waals surface area contributed by atoms with Crippen molar-refractivity contribution in [3.05, 3.63) is 54.5 Å². The van der Waals surface area contributed by atoms with E-state index < -0.39 is 0 Å². The molecule has 0 aliphatic heterocycles. The fourth-order valence-corrected chi connectivity index (χ4v) is 3.79. The van der Waals surface area contributed by atoms with Gasteiger partial charge in [-0.1, -0.05) is 17.6 Å². The minimum atomic E-state index is -0.304. The van der Waals surface area contributed by atoms with E-state index in [0.29, 0.717) is 24.7 Å². The summed E-state index contributed by atoms with van der Waals surface area (Å²) in [7, 11) is 0. The van der Waals surface area contributed by atoms with Gasteiger partial charge in [-0.15, -0.1) is 0 Å². The largest absolute Gasteiger partial charge is 0.368 e. The Morgan fingerprint density at radius 2 is 1.94 bits per heavy atom. The molecule has 0 saturated heterocycles. The number of nitrogens with two attached hydrogens (primary N) is 1. The molecule has 0 spiro atoms. The molecule has 4 aromatic heterocycles. The van der Waals surface area contributed by atoms with Gasteiger partial charge in [0, 0.05) is 30.4 Å². The van der Waals surface area contributed by atoms with Crippen molar-refractivity contribution in [2.45, 2.75) is 37.6 Å². The van der Waals surface area contributed by atoms with Crippen molar-refractivity contribution in [1.82, 2.24) is 34.9 Å². The standard InChI is InChI=1S/C21H19N9O/c22-7-2-8-30-13-15(11-27-30)18-28-19(29-31-18)21(5-1-6-21)16-3-4-17(24-12-16)14-9-25-20(23)26-10-14/h3-4,9-13H,1-2,5-6,8H2,(H2,23,25,26). The van der Waals surface area contributed by atoms with Crippen LogP contribution in [0, 0.1) is 11.3 Å². The molecule has 0 bridgehead atoms. The smallest absolute Gasteiger partial charge is 0.261 e. The monoisotopic (exact) mass is 413 g/mol. The van der Waals surface area contributed by atoms with Crippen LogP contribution >= 0.6 is 0 Å². The van der Waals surface area contributed by atoms with E-state index in [9.17, 15) is 0 Å². The SMILES string of the molecule is N#CCCn1cc(-c2nc(C3(c4ccc(-c5cnc(N)nc5)nc4)CCC3)no2)cn1. The van der Waals surface area contributed by atoms with Gasteiger partial charge in [-0.2, -0.15) is 15.3 Å². The van der Waals surface area contributed by atoms with Crippen molar-refractivity contribution < 1.29 is 4.52 Å². The van der Waals surface area contributed by atoms with Crippen molar-refractivity contribution in [3.8, 4) is 28.8 Å². The number of nitrogen functional groups attached to an aromatic ring is 1. The zero-order chi connectivity index (χ0) is 21.3. The average molecular weight is 413 g/mol. The number of hydrogen-bond acceptors (Lipinski definition) is 9. The van der Waals surface area contributed by atoms with Crippen LogP contribution in [0.15, 0.2) is 47.6 Å². The van der Waals surface area contributed by atoms with Crippen LogP contribution in [-0.2, 0) is 12.0 Å². The topological polar surface area (TPSA) is 145 Å². The fraction of sp³-hybridized carbons (Fsp3) is 0.286. The quantitative estimate of drug-likeness (QED) is 0.504. The fourth-order valence-electron chi connectivity index (χ4n) is 3.79. The second-order valence-electron chi connectivity index (χ2n) is 7.52. The lowest BCUT2D eigenvalue weighted by atomic mass is 9.64. The number of aryl methyl sites for hydroxylation is 1. The summed E-state index contributed by atoms with van der Waals surface area (Å²) in [5.74, 6) is 1.31. The molecule has 31 heavy (non-hydrogen) atoms. The lowest BCUT2D eigenvalue weighted by Gasteiger charge is -2.39. The third-order valence-electron chi connectivity index (χ3n) is 5.68. The van der Waals surface area contributed by atoms with E-state index in [0.717, 1.165) is 41.6 Å². The summed E-state index contributed by atoms with van der Waals surface area (Å²) in [4.78, 5) is 17.3. The van der Waals surface area contributed by atoms with Crippen LogP contribution < -0.4 is 5.73 Å². The van der Waals surface area contributed by atoms with Gasteiger partial charge >= 0.3 is 0 Å². The first-order chi connectivity index (χ1) is 15.2. The van der Waals surface area contributed by atoms with Crippen molar-refractivity contribution in [2.24, 2.45) is 0 Å². The second-order valence-corrected chi connectivity index (χ2v) is 7.52. The molecule has 1 fully saturated rings. The van der Waals surface area contributed by atoms with Crippen LogP contribution in [-0.4, -0.2) is 34.9 Å². The van der Waals surface area contributed by atoms with E-state index >= 15 is 0 Å². The van der Waals surface area contributed by atoms with Gasteiger partial charge in [-0.05, 0) is 24.5 Å². The Balaban J connectivity index is 1.41. The van der Waals surface area contributed by atoms with Crippen molar-refractivity contribution in [1.29, 1.82) is 5.26 Å². The third-order valence-corrected chi connectivity index (χ3v) is 5.68. The van der Waals surface area contributed by atoms with Gasteiger partial charge in [0.2, 0.25) is 5.95 Å². The molecule has 1 saturated carbocycles. The van der Waals surface area contributed by atoms with Gasteiger partial charge in [0.05, 0.1) is 41.9 Å². The first-order valence-electron chi connectivity index (χ1n) is 9.96. The zero-order valence-electron chi connectivity index (χ0n) is 16.6. The van der Waals surface area contributed by atoms with E-state index in [2.05, 4.69) is 36.3 Å². The number of hydrogen-bond donors (Lipinski definition) is 1. The Morgan fingerprint density at radius 1 is 1.10 bits per heavy atom. The van der Waals surface area contributed by atoms with Crippen molar-refractivity contribution >= 4 is 5.95 Å². The molecule has 0 aromatic carbocycles. The maximum atomic E-state index is 8.73. The van der Waals surface area contributed by atoms with Gasteiger partial charge in [0.15, 0.2) is 5.82 Å². The number of nitrogens with zero attached hydrogens (tertiary/aromatic N) is 8. The lowest BCUT2D eigenvalue weighted by molar-refractivity contribution is 0.272. The highest BCUT2D eigenvalue weighted by atomic mass is 16.5. The zero-order valence-corrected chi connectivity index (χ0v) is 16.6. The lowest BCUT2D eigenvalue weighted by Crippen LogP contribution is -2.36. The molecule has 5 rings (SSSR count). The van der Waals surface area contributed by atoms with E-state index in [4.69, 9.17) is 15.5 Å². The summed E-state index contributed by atoms with van der Waals surface area (Å²) < 4.78 is 7.25. The van der Waals surface area contributed by atoms with Crippen LogP contribution in [0.3, 0.4) is 0 Å². The molecule has 0 radical (unpaired) electrons. The number of aromatic nitrogens is 7. The Hall–Kier alpha value is -4.13. The molecule has 0 amide bonds. The highest BCUT2D eigenvalue weighted by Crippen LogP contribution is 2.48. The van der Waals surface area contributed by atoms with Gasteiger partial charge < -0.3 is 10.3 Å². The molecule has 10 nitrogen and oxygen atoms in total. The average Bonchev–Trinajstić information content (AvgIpc) is 3.43. The van der Waals surface area contributed by atoms with Crippen LogP contribution in [0.2, 0.25) is 0 Å². The molecule has 0 unspecified atom stereocenters. The molecule has 4 aromatic rings. The molecule has 4 heterocycles. The predicted octanol–water partition coefficient (Wildman–Crippen LogP) is 2.75. The number of rotatable bonds is 6. The third kappa shape index (κ3) is 3.40. The van der Waals surface area contributed by atoms with E-state index in [1.54, 1.807) is 23.3 Å². The molecule has 154 valence electrons. The Labute approximate surface area is 177 Å². The molecule has 10 heteroatoms. The molecule has 2 N–H and O–H groups in total. The predicted molar refractivity (Wildman–Crippen MR) is 110 cm³/mol. The normalized spacial score (nSPS) is 14.7. The maximum absolute atomic E-state index is 8.73. The maximum Gasteiger partial charge on any atom is 0.261 e. The van der Waals surface area contributed by atoms with Gasteiger partial charge in [-0.25, -0.2) is 9.97 Å². The van der Waals surface area contributed by atoms with E-state index in [-0.39, 0.29) is 11.4 Å². The summed E-state index contributed by atoms with van der Waals surface area (Å²) >= 11 is 0. The molecule has 1 aliphatic carbocycles. The summed E-state index contributed by atoms with van der Waals surface area (Å²) in [5.41, 5.74) is 8.63. The Bertz CT molecular complexity index is 1230. The summed E-state index contributed by atoms with van der Waals surface area (Å²) in [5, 5.41) is 17.3.